The Balaban J connectivity index is 1.92. The molecule has 0 aromatic rings. The highest BCUT2D eigenvalue weighted by atomic mass is 32.2. The summed E-state index contributed by atoms with van der Waals surface area (Å²) < 4.78 is 0. The van der Waals surface area contributed by atoms with Crippen molar-refractivity contribution in [3.05, 3.63) is 0 Å². The lowest BCUT2D eigenvalue weighted by molar-refractivity contribution is 0.403. The molecule has 1 heterocycles. The molecule has 90 valence electrons. The predicted molar refractivity (Wildman–Crippen MR) is 70.7 cm³/mol. The number of hydrogen-bond donors (Lipinski definition) is 2. The van der Waals surface area contributed by atoms with Crippen LogP contribution in [0.3, 0.4) is 0 Å². The second kappa shape index (κ2) is 6.77. The molecule has 1 saturated heterocycles. The summed E-state index contributed by atoms with van der Waals surface area (Å²) in [7, 11) is 0. The van der Waals surface area contributed by atoms with Crippen molar-refractivity contribution in [1.29, 1.82) is 0 Å². The van der Waals surface area contributed by atoms with Crippen LogP contribution in [0.2, 0.25) is 0 Å². The van der Waals surface area contributed by atoms with Crippen molar-refractivity contribution < 1.29 is 0 Å². The van der Waals surface area contributed by atoms with Crippen molar-refractivity contribution in [2.75, 3.05) is 31.1 Å². The van der Waals surface area contributed by atoms with E-state index in [1.54, 1.807) is 0 Å². The maximum atomic E-state index is 3.56. The van der Waals surface area contributed by atoms with Crippen molar-refractivity contribution in [3.8, 4) is 0 Å². The van der Waals surface area contributed by atoms with Gasteiger partial charge < -0.3 is 10.6 Å². The van der Waals surface area contributed by atoms with Crippen molar-refractivity contribution in [2.24, 2.45) is 5.92 Å². The molecule has 2 N–H and O–H groups in total. The third-order valence-corrected chi connectivity index (χ3v) is 3.78. The van der Waals surface area contributed by atoms with Gasteiger partial charge in [-0.3, -0.25) is 0 Å². The standard InChI is InChI=1S/C12H26N2S/c1-12(2,3)14-7-6-13-10-11-4-8-15-9-5-11/h11,13-14H,4-10H2,1-3H3. The van der Waals surface area contributed by atoms with Crippen molar-refractivity contribution >= 4 is 11.8 Å². The van der Waals surface area contributed by atoms with E-state index in [0.29, 0.717) is 0 Å². The van der Waals surface area contributed by atoms with Crippen LogP contribution in [0.4, 0.5) is 0 Å². The average molecular weight is 230 g/mol. The van der Waals surface area contributed by atoms with E-state index in [1.165, 1.54) is 30.9 Å². The fraction of sp³-hybridized carbons (Fsp3) is 1.00. The van der Waals surface area contributed by atoms with Gasteiger partial charge in [-0.25, -0.2) is 0 Å². The van der Waals surface area contributed by atoms with E-state index in [4.69, 9.17) is 0 Å². The highest BCUT2D eigenvalue weighted by Crippen LogP contribution is 2.21. The van der Waals surface area contributed by atoms with Gasteiger partial charge in [-0.05, 0) is 57.6 Å². The maximum Gasteiger partial charge on any atom is 0.00970 e. The Morgan fingerprint density at radius 1 is 1.13 bits per heavy atom. The van der Waals surface area contributed by atoms with E-state index >= 15 is 0 Å². The van der Waals surface area contributed by atoms with Gasteiger partial charge in [0, 0.05) is 18.6 Å². The van der Waals surface area contributed by atoms with Crippen LogP contribution < -0.4 is 10.6 Å². The lowest BCUT2D eigenvalue weighted by Crippen LogP contribution is -2.41. The van der Waals surface area contributed by atoms with Gasteiger partial charge in [-0.2, -0.15) is 11.8 Å². The molecule has 0 radical (unpaired) electrons. The van der Waals surface area contributed by atoms with Crippen LogP contribution in [0.15, 0.2) is 0 Å². The fourth-order valence-corrected chi connectivity index (χ4v) is 2.99. The molecule has 0 aliphatic carbocycles. The van der Waals surface area contributed by atoms with E-state index in [-0.39, 0.29) is 5.54 Å². The number of hydrogen-bond acceptors (Lipinski definition) is 3. The van der Waals surface area contributed by atoms with Crippen molar-refractivity contribution in [3.63, 3.8) is 0 Å². The Bertz CT molecular complexity index is 159. The minimum Gasteiger partial charge on any atom is -0.315 e. The predicted octanol–water partition coefficient (Wildman–Crippen LogP) is 2.11. The molecule has 1 aliphatic rings. The average Bonchev–Trinajstić information content (AvgIpc) is 2.17. The van der Waals surface area contributed by atoms with E-state index < -0.39 is 0 Å². The Labute approximate surface area is 99.0 Å². The summed E-state index contributed by atoms with van der Waals surface area (Å²) in [6, 6.07) is 0. The van der Waals surface area contributed by atoms with Gasteiger partial charge in [0.15, 0.2) is 0 Å². The zero-order valence-electron chi connectivity index (χ0n) is 10.4. The molecule has 1 aliphatic heterocycles. The van der Waals surface area contributed by atoms with Crippen LogP contribution in [-0.2, 0) is 0 Å². The molecule has 0 atom stereocenters. The van der Waals surface area contributed by atoms with Crippen LogP contribution >= 0.6 is 11.8 Å². The Morgan fingerprint density at radius 2 is 1.80 bits per heavy atom. The first-order valence-corrected chi connectivity index (χ1v) is 7.27. The quantitative estimate of drug-likeness (QED) is 0.707. The topological polar surface area (TPSA) is 24.1 Å². The molecular formula is C12H26N2S. The van der Waals surface area contributed by atoms with Gasteiger partial charge in [0.2, 0.25) is 0 Å². The van der Waals surface area contributed by atoms with Crippen LogP contribution in [0, 0.1) is 5.92 Å². The molecule has 0 spiro atoms. The third kappa shape index (κ3) is 7.20. The molecule has 0 amide bonds. The molecule has 0 unspecified atom stereocenters. The number of rotatable bonds is 5. The summed E-state index contributed by atoms with van der Waals surface area (Å²) >= 11 is 2.11. The van der Waals surface area contributed by atoms with Crippen molar-refractivity contribution in [2.45, 2.75) is 39.2 Å². The monoisotopic (exact) mass is 230 g/mol. The minimum absolute atomic E-state index is 0.253. The van der Waals surface area contributed by atoms with E-state index in [0.717, 1.165) is 19.0 Å². The van der Waals surface area contributed by atoms with Gasteiger partial charge in [-0.1, -0.05) is 0 Å². The Kier molecular flexibility index (Phi) is 6.02. The summed E-state index contributed by atoms with van der Waals surface area (Å²) in [4.78, 5) is 0. The van der Waals surface area contributed by atoms with Gasteiger partial charge >= 0.3 is 0 Å². The van der Waals surface area contributed by atoms with E-state index in [9.17, 15) is 0 Å². The van der Waals surface area contributed by atoms with E-state index in [1.807, 2.05) is 0 Å². The highest BCUT2D eigenvalue weighted by molar-refractivity contribution is 7.99. The maximum absolute atomic E-state index is 3.56. The summed E-state index contributed by atoms with van der Waals surface area (Å²) in [6.07, 6.45) is 2.81. The molecule has 0 bridgehead atoms. The van der Waals surface area contributed by atoms with Crippen molar-refractivity contribution in [1.82, 2.24) is 10.6 Å². The second-order valence-electron chi connectivity index (χ2n) is 5.44. The number of nitrogens with one attached hydrogen (secondary N) is 2. The molecule has 3 heteroatoms. The van der Waals surface area contributed by atoms with Crippen LogP contribution in [0.5, 0.6) is 0 Å². The van der Waals surface area contributed by atoms with Gasteiger partial charge in [0.05, 0.1) is 0 Å². The molecule has 15 heavy (non-hydrogen) atoms. The van der Waals surface area contributed by atoms with Crippen LogP contribution in [-0.4, -0.2) is 36.7 Å². The molecule has 0 saturated carbocycles. The third-order valence-electron chi connectivity index (χ3n) is 2.73. The summed E-state index contributed by atoms with van der Waals surface area (Å²) in [5, 5.41) is 7.05. The van der Waals surface area contributed by atoms with Gasteiger partial charge in [0.1, 0.15) is 0 Å². The molecule has 0 aromatic carbocycles. The first-order valence-electron chi connectivity index (χ1n) is 6.11. The smallest absolute Gasteiger partial charge is 0.00970 e. The molecule has 0 aromatic heterocycles. The SMILES string of the molecule is CC(C)(C)NCCNCC1CCSCC1. The lowest BCUT2D eigenvalue weighted by atomic mass is 10.0. The fourth-order valence-electron chi connectivity index (χ4n) is 1.78. The molecule has 1 fully saturated rings. The summed E-state index contributed by atoms with van der Waals surface area (Å²) in [5.74, 6) is 3.67. The first-order chi connectivity index (χ1) is 7.08. The summed E-state index contributed by atoms with van der Waals surface area (Å²) in [6.45, 7) is 10.0. The number of thioether (sulfide) groups is 1. The molecule has 1 rings (SSSR count). The Morgan fingerprint density at radius 3 is 2.40 bits per heavy atom. The highest BCUT2D eigenvalue weighted by Gasteiger charge is 2.13. The molecule has 2 nitrogen and oxygen atoms in total. The largest absolute Gasteiger partial charge is 0.315 e. The Hall–Kier alpha value is 0.270. The zero-order chi connectivity index (χ0) is 11.1. The van der Waals surface area contributed by atoms with Gasteiger partial charge in [-0.15, -0.1) is 0 Å². The summed E-state index contributed by atoms with van der Waals surface area (Å²) in [5.41, 5.74) is 0.253. The molecular weight excluding hydrogens is 204 g/mol. The van der Waals surface area contributed by atoms with Crippen LogP contribution in [0.1, 0.15) is 33.6 Å². The lowest BCUT2D eigenvalue weighted by Gasteiger charge is -2.23. The van der Waals surface area contributed by atoms with E-state index in [2.05, 4.69) is 43.2 Å². The van der Waals surface area contributed by atoms with Gasteiger partial charge in [0.25, 0.3) is 0 Å². The normalized spacial score (nSPS) is 19.4. The second-order valence-corrected chi connectivity index (χ2v) is 6.66. The minimum atomic E-state index is 0.253. The first kappa shape index (κ1) is 13.3. The van der Waals surface area contributed by atoms with Crippen LogP contribution in [0.25, 0.3) is 0 Å². The zero-order valence-corrected chi connectivity index (χ0v) is 11.3.